The van der Waals surface area contributed by atoms with Crippen LogP contribution in [0.2, 0.25) is 0 Å². The van der Waals surface area contributed by atoms with Gasteiger partial charge in [-0.3, -0.25) is 9.88 Å². The first-order valence-electron chi connectivity index (χ1n) is 7.87. The van der Waals surface area contributed by atoms with E-state index in [0.717, 1.165) is 30.2 Å². The van der Waals surface area contributed by atoms with Crippen LogP contribution < -0.4 is 0 Å². The van der Waals surface area contributed by atoms with Gasteiger partial charge in [0.2, 0.25) is 0 Å². The maximum absolute atomic E-state index is 5.41. The van der Waals surface area contributed by atoms with Crippen LogP contribution >= 0.6 is 0 Å². The Morgan fingerprint density at radius 1 is 1.19 bits per heavy atom. The van der Waals surface area contributed by atoms with Crippen LogP contribution in [0.15, 0.2) is 35.0 Å². The molecule has 0 bridgehead atoms. The third-order valence-electron chi connectivity index (χ3n) is 4.22. The van der Waals surface area contributed by atoms with E-state index in [1.807, 2.05) is 25.3 Å². The zero-order valence-electron chi connectivity index (χ0n) is 12.7. The lowest BCUT2D eigenvalue weighted by Crippen LogP contribution is -2.36. The van der Waals surface area contributed by atoms with Crippen LogP contribution in [0.3, 0.4) is 0 Å². The third-order valence-corrected chi connectivity index (χ3v) is 4.22. The molecule has 3 rings (SSSR count). The molecular formula is C17H23N3O. The van der Waals surface area contributed by atoms with Gasteiger partial charge in [0.05, 0.1) is 17.9 Å². The first-order chi connectivity index (χ1) is 10.3. The fourth-order valence-electron chi connectivity index (χ4n) is 3.15. The molecule has 0 N–H and O–H groups in total. The standard InChI is InChI=1S/C17H23N3O/c1-14-11-17(21-19-14)13-20(16-8-3-2-4-9-16)12-15-7-5-6-10-18-15/h5-7,10-11,16H,2-4,8-9,12-13H2,1H3. The van der Waals surface area contributed by atoms with Crippen molar-refractivity contribution in [3.05, 3.63) is 47.6 Å². The summed E-state index contributed by atoms with van der Waals surface area (Å²) < 4.78 is 5.41. The van der Waals surface area contributed by atoms with Gasteiger partial charge in [0.1, 0.15) is 0 Å². The summed E-state index contributed by atoms with van der Waals surface area (Å²) in [5.74, 6) is 0.953. The molecule has 0 saturated heterocycles. The summed E-state index contributed by atoms with van der Waals surface area (Å²) in [4.78, 5) is 6.97. The van der Waals surface area contributed by atoms with Gasteiger partial charge < -0.3 is 4.52 Å². The molecule has 1 fully saturated rings. The molecule has 1 aliphatic rings. The molecule has 0 aliphatic heterocycles. The monoisotopic (exact) mass is 285 g/mol. The summed E-state index contributed by atoms with van der Waals surface area (Å²) in [5, 5.41) is 4.00. The van der Waals surface area contributed by atoms with Crippen molar-refractivity contribution >= 4 is 0 Å². The SMILES string of the molecule is Cc1cc(CN(Cc2ccccn2)C2CCCCC2)on1. The topological polar surface area (TPSA) is 42.2 Å². The second-order valence-corrected chi connectivity index (χ2v) is 5.95. The molecule has 2 aromatic heterocycles. The highest BCUT2D eigenvalue weighted by molar-refractivity contribution is 5.06. The summed E-state index contributed by atoms with van der Waals surface area (Å²) in [7, 11) is 0. The molecule has 2 heterocycles. The minimum absolute atomic E-state index is 0.631. The van der Waals surface area contributed by atoms with Crippen molar-refractivity contribution in [2.75, 3.05) is 0 Å². The minimum atomic E-state index is 0.631. The van der Waals surface area contributed by atoms with Crippen LogP contribution in [-0.2, 0) is 13.1 Å². The number of rotatable bonds is 5. The van der Waals surface area contributed by atoms with Crippen molar-refractivity contribution in [1.29, 1.82) is 0 Å². The Kier molecular flexibility index (Phi) is 4.65. The van der Waals surface area contributed by atoms with Crippen molar-refractivity contribution in [1.82, 2.24) is 15.0 Å². The van der Waals surface area contributed by atoms with Crippen LogP contribution in [0.5, 0.6) is 0 Å². The smallest absolute Gasteiger partial charge is 0.150 e. The molecule has 4 heteroatoms. The van der Waals surface area contributed by atoms with Gasteiger partial charge in [-0.05, 0) is 31.9 Å². The number of pyridine rings is 1. The molecule has 0 atom stereocenters. The van der Waals surface area contributed by atoms with E-state index in [0.29, 0.717) is 6.04 Å². The van der Waals surface area contributed by atoms with Crippen LogP contribution in [0, 0.1) is 6.92 Å². The van der Waals surface area contributed by atoms with Crippen molar-refractivity contribution in [3.63, 3.8) is 0 Å². The van der Waals surface area contributed by atoms with Gasteiger partial charge in [-0.15, -0.1) is 0 Å². The van der Waals surface area contributed by atoms with E-state index in [-0.39, 0.29) is 0 Å². The molecule has 1 saturated carbocycles. The highest BCUT2D eigenvalue weighted by atomic mass is 16.5. The zero-order chi connectivity index (χ0) is 14.5. The fourth-order valence-corrected chi connectivity index (χ4v) is 3.15. The zero-order valence-corrected chi connectivity index (χ0v) is 12.7. The molecule has 4 nitrogen and oxygen atoms in total. The second-order valence-electron chi connectivity index (χ2n) is 5.95. The second kappa shape index (κ2) is 6.85. The average Bonchev–Trinajstić information content (AvgIpc) is 2.94. The molecule has 112 valence electrons. The van der Waals surface area contributed by atoms with Crippen LogP contribution in [0.25, 0.3) is 0 Å². The van der Waals surface area contributed by atoms with Crippen molar-refractivity contribution in [2.45, 2.75) is 58.2 Å². The van der Waals surface area contributed by atoms with E-state index in [4.69, 9.17) is 4.52 Å². The number of aromatic nitrogens is 2. The number of aryl methyl sites for hydroxylation is 1. The van der Waals surface area contributed by atoms with E-state index in [1.54, 1.807) is 0 Å². The average molecular weight is 285 g/mol. The molecule has 2 aromatic rings. The molecule has 0 spiro atoms. The summed E-state index contributed by atoms with van der Waals surface area (Å²) in [6.45, 7) is 3.67. The highest BCUT2D eigenvalue weighted by Crippen LogP contribution is 2.25. The first-order valence-corrected chi connectivity index (χ1v) is 7.87. The Bertz CT molecular complexity index is 546. The molecule has 0 amide bonds. The molecule has 0 radical (unpaired) electrons. The van der Waals surface area contributed by atoms with Gasteiger partial charge in [-0.25, -0.2) is 0 Å². The summed E-state index contributed by atoms with van der Waals surface area (Å²) in [6, 6.07) is 8.79. The minimum Gasteiger partial charge on any atom is -0.360 e. The molecular weight excluding hydrogens is 262 g/mol. The normalized spacial score (nSPS) is 16.5. The van der Waals surface area contributed by atoms with Gasteiger partial charge in [-0.2, -0.15) is 0 Å². The summed E-state index contributed by atoms with van der Waals surface area (Å²) in [5.41, 5.74) is 2.07. The Morgan fingerprint density at radius 2 is 2.05 bits per heavy atom. The molecule has 0 unspecified atom stereocenters. The van der Waals surface area contributed by atoms with Gasteiger partial charge >= 0.3 is 0 Å². The van der Waals surface area contributed by atoms with E-state index in [1.165, 1.54) is 32.1 Å². The lowest BCUT2D eigenvalue weighted by molar-refractivity contribution is 0.124. The fraction of sp³-hybridized carbons (Fsp3) is 0.529. The Morgan fingerprint density at radius 3 is 2.71 bits per heavy atom. The molecule has 21 heavy (non-hydrogen) atoms. The highest BCUT2D eigenvalue weighted by Gasteiger charge is 2.23. The van der Waals surface area contributed by atoms with Crippen molar-refractivity contribution in [3.8, 4) is 0 Å². The summed E-state index contributed by atoms with van der Waals surface area (Å²) in [6.07, 6.45) is 8.46. The lowest BCUT2D eigenvalue weighted by Gasteiger charge is -2.33. The first kappa shape index (κ1) is 14.3. The predicted molar refractivity (Wildman–Crippen MR) is 81.6 cm³/mol. The van der Waals surface area contributed by atoms with Crippen molar-refractivity contribution in [2.24, 2.45) is 0 Å². The van der Waals surface area contributed by atoms with Gasteiger partial charge in [0.25, 0.3) is 0 Å². The summed E-state index contributed by atoms with van der Waals surface area (Å²) >= 11 is 0. The van der Waals surface area contributed by atoms with Crippen LogP contribution in [-0.4, -0.2) is 21.1 Å². The van der Waals surface area contributed by atoms with Gasteiger partial charge in [-0.1, -0.05) is 30.5 Å². The van der Waals surface area contributed by atoms with Crippen LogP contribution in [0.4, 0.5) is 0 Å². The van der Waals surface area contributed by atoms with Gasteiger partial charge in [0, 0.05) is 24.8 Å². The lowest BCUT2D eigenvalue weighted by atomic mass is 9.94. The number of hydrogen-bond acceptors (Lipinski definition) is 4. The van der Waals surface area contributed by atoms with Crippen molar-refractivity contribution < 1.29 is 4.52 Å². The predicted octanol–water partition coefficient (Wildman–Crippen LogP) is 3.71. The molecule has 1 aliphatic carbocycles. The quantitative estimate of drug-likeness (QED) is 0.839. The van der Waals surface area contributed by atoms with Crippen LogP contribution in [0.1, 0.15) is 49.3 Å². The Labute approximate surface area is 126 Å². The Balaban J connectivity index is 1.73. The van der Waals surface area contributed by atoms with E-state index in [2.05, 4.69) is 27.2 Å². The molecule has 0 aromatic carbocycles. The van der Waals surface area contributed by atoms with E-state index >= 15 is 0 Å². The largest absolute Gasteiger partial charge is 0.360 e. The van der Waals surface area contributed by atoms with E-state index in [9.17, 15) is 0 Å². The number of hydrogen-bond donors (Lipinski definition) is 0. The Hall–Kier alpha value is -1.68. The van der Waals surface area contributed by atoms with E-state index < -0.39 is 0 Å². The maximum atomic E-state index is 5.41. The number of nitrogens with zero attached hydrogens (tertiary/aromatic N) is 3. The maximum Gasteiger partial charge on any atom is 0.150 e. The third kappa shape index (κ3) is 3.91. The van der Waals surface area contributed by atoms with Gasteiger partial charge in [0.15, 0.2) is 5.76 Å².